The third-order valence-corrected chi connectivity index (χ3v) is 4.45. The van der Waals surface area contributed by atoms with Gasteiger partial charge in [-0.2, -0.15) is 0 Å². The summed E-state index contributed by atoms with van der Waals surface area (Å²) in [5, 5.41) is 0.392. The van der Waals surface area contributed by atoms with E-state index in [0.717, 1.165) is 0 Å². The number of fused-ring (bicyclic) bond motifs is 1. The molecule has 8 heteroatoms. The van der Waals surface area contributed by atoms with Gasteiger partial charge >= 0.3 is 12.1 Å². The number of aromatic nitrogens is 1. The van der Waals surface area contributed by atoms with Crippen LogP contribution in [0.5, 0.6) is 5.75 Å². The molecule has 0 saturated carbocycles. The molecule has 0 saturated heterocycles. The first-order chi connectivity index (χ1) is 13.6. The quantitative estimate of drug-likeness (QED) is 0.661. The number of carbonyl (C=O) groups is 2. The summed E-state index contributed by atoms with van der Waals surface area (Å²) in [5.74, 6) is -0.0803. The monoisotopic (exact) mass is 418 g/mol. The van der Waals surface area contributed by atoms with Gasteiger partial charge in [0, 0.05) is 28.0 Å². The Balaban J connectivity index is 2.17. The van der Waals surface area contributed by atoms with Gasteiger partial charge in [-0.3, -0.25) is 9.88 Å². The Morgan fingerprint density at radius 2 is 1.93 bits per heavy atom. The Kier molecular flexibility index (Phi) is 5.71. The fourth-order valence-electron chi connectivity index (χ4n) is 3.05. The van der Waals surface area contributed by atoms with Gasteiger partial charge in [0.2, 0.25) is 0 Å². The first-order valence-electron chi connectivity index (χ1n) is 9.13. The number of rotatable bonds is 2. The molecule has 3 rings (SSSR count). The molecule has 0 fully saturated rings. The van der Waals surface area contributed by atoms with E-state index in [9.17, 15) is 9.59 Å². The van der Waals surface area contributed by atoms with Crippen LogP contribution in [0.1, 0.15) is 36.8 Å². The maximum absolute atomic E-state index is 12.7. The van der Waals surface area contributed by atoms with Crippen molar-refractivity contribution in [2.75, 3.05) is 25.2 Å². The van der Waals surface area contributed by atoms with E-state index >= 15 is 0 Å². The Labute approximate surface area is 174 Å². The van der Waals surface area contributed by atoms with Crippen LogP contribution in [-0.4, -0.2) is 42.9 Å². The van der Waals surface area contributed by atoms with Crippen molar-refractivity contribution in [2.45, 2.75) is 33.3 Å². The van der Waals surface area contributed by atoms with Gasteiger partial charge in [-0.05, 0) is 45.9 Å². The molecule has 0 radical (unpaired) electrons. The number of esters is 1. The average molecular weight is 419 g/mol. The summed E-state index contributed by atoms with van der Waals surface area (Å²) in [6, 6.07) is 5.10. The van der Waals surface area contributed by atoms with Crippen LogP contribution in [0.25, 0.3) is 11.1 Å². The average Bonchev–Trinajstić information content (AvgIpc) is 2.64. The van der Waals surface area contributed by atoms with Gasteiger partial charge in [0.05, 0.1) is 24.9 Å². The van der Waals surface area contributed by atoms with E-state index in [0.29, 0.717) is 39.8 Å². The van der Waals surface area contributed by atoms with Gasteiger partial charge < -0.3 is 14.2 Å². The lowest BCUT2D eigenvalue weighted by Gasteiger charge is -2.33. The standard InChI is InChI=1S/C21H23ClN2O5/c1-12-8-14(16(11-23-12)19(25)27-5)15-9-13(22)10-17-18(15)28-7-6-24(17)20(26)29-21(2,3)4/h8-11H,6-7H2,1-5H3. The molecule has 1 aliphatic heterocycles. The van der Waals surface area contributed by atoms with Crippen LogP contribution < -0.4 is 9.64 Å². The van der Waals surface area contributed by atoms with Crippen molar-refractivity contribution in [3.05, 3.63) is 40.7 Å². The molecule has 2 aromatic rings. The molecule has 154 valence electrons. The van der Waals surface area contributed by atoms with Crippen LogP contribution in [0.3, 0.4) is 0 Å². The number of nitrogens with zero attached hydrogens (tertiary/aromatic N) is 2. The highest BCUT2D eigenvalue weighted by Crippen LogP contribution is 2.44. The number of halogens is 1. The second-order valence-corrected chi connectivity index (χ2v) is 8.08. The van der Waals surface area contributed by atoms with Crippen LogP contribution in [-0.2, 0) is 9.47 Å². The molecule has 1 aromatic carbocycles. The van der Waals surface area contributed by atoms with Crippen molar-refractivity contribution in [1.29, 1.82) is 0 Å². The highest BCUT2D eigenvalue weighted by Gasteiger charge is 2.31. The van der Waals surface area contributed by atoms with E-state index in [-0.39, 0.29) is 12.2 Å². The Bertz CT molecular complexity index is 968. The third-order valence-electron chi connectivity index (χ3n) is 4.24. The molecule has 7 nitrogen and oxygen atoms in total. The Morgan fingerprint density at radius 1 is 1.21 bits per heavy atom. The molecule has 1 aromatic heterocycles. The summed E-state index contributed by atoms with van der Waals surface area (Å²) in [6.45, 7) is 7.82. The van der Waals surface area contributed by atoms with Crippen molar-refractivity contribution >= 4 is 29.4 Å². The van der Waals surface area contributed by atoms with Gasteiger partial charge in [0.1, 0.15) is 12.2 Å². The largest absolute Gasteiger partial charge is 0.489 e. The summed E-state index contributed by atoms with van der Waals surface area (Å²) in [7, 11) is 1.31. The number of ether oxygens (including phenoxy) is 3. The topological polar surface area (TPSA) is 78.0 Å². The fourth-order valence-corrected chi connectivity index (χ4v) is 3.27. The summed E-state index contributed by atoms with van der Waals surface area (Å²) < 4.78 is 16.3. The number of anilines is 1. The van der Waals surface area contributed by atoms with Crippen LogP contribution in [0.4, 0.5) is 10.5 Å². The second-order valence-electron chi connectivity index (χ2n) is 7.64. The first kappa shape index (κ1) is 20.9. The number of benzene rings is 1. The number of carbonyl (C=O) groups excluding carboxylic acids is 2. The van der Waals surface area contributed by atoms with Gasteiger partial charge in [-0.15, -0.1) is 0 Å². The predicted octanol–water partition coefficient (Wildman–Crippen LogP) is 4.63. The van der Waals surface area contributed by atoms with Gasteiger partial charge in [0.15, 0.2) is 5.75 Å². The molecular formula is C21H23ClN2O5. The molecule has 1 aliphatic rings. The number of aryl methyl sites for hydroxylation is 1. The molecule has 1 amide bonds. The van der Waals surface area contributed by atoms with Gasteiger partial charge in [-0.25, -0.2) is 9.59 Å². The number of hydrogen-bond acceptors (Lipinski definition) is 6. The maximum Gasteiger partial charge on any atom is 0.415 e. The minimum absolute atomic E-state index is 0.276. The number of pyridine rings is 1. The van der Waals surface area contributed by atoms with E-state index < -0.39 is 17.7 Å². The third kappa shape index (κ3) is 4.45. The van der Waals surface area contributed by atoms with E-state index in [2.05, 4.69) is 4.98 Å². The smallest absolute Gasteiger partial charge is 0.415 e. The van der Waals surface area contributed by atoms with E-state index in [1.54, 1.807) is 39.0 Å². The molecule has 0 unspecified atom stereocenters. The maximum atomic E-state index is 12.7. The highest BCUT2D eigenvalue weighted by atomic mass is 35.5. The number of hydrogen-bond donors (Lipinski definition) is 0. The molecule has 29 heavy (non-hydrogen) atoms. The summed E-state index contributed by atoms with van der Waals surface area (Å²) in [6.07, 6.45) is 0.965. The van der Waals surface area contributed by atoms with Crippen molar-refractivity contribution < 1.29 is 23.8 Å². The minimum Gasteiger partial charge on any atom is -0.489 e. The lowest BCUT2D eigenvalue weighted by molar-refractivity contribution is 0.0565. The lowest BCUT2D eigenvalue weighted by atomic mass is 9.98. The van der Waals surface area contributed by atoms with Gasteiger partial charge in [0.25, 0.3) is 0 Å². The van der Waals surface area contributed by atoms with Crippen LogP contribution in [0.2, 0.25) is 5.02 Å². The summed E-state index contributed by atoms with van der Waals surface area (Å²) >= 11 is 6.37. The van der Waals surface area contributed by atoms with Crippen molar-refractivity contribution in [2.24, 2.45) is 0 Å². The van der Waals surface area contributed by atoms with Crippen molar-refractivity contribution in [3.8, 4) is 16.9 Å². The predicted molar refractivity (Wildman–Crippen MR) is 110 cm³/mol. The van der Waals surface area contributed by atoms with Crippen molar-refractivity contribution in [1.82, 2.24) is 4.98 Å². The molecular weight excluding hydrogens is 396 g/mol. The normalized spacial score (nSPS) is 13.4. The molecule has 0 N–H and O–H groups in total. The fraction of sp³-hybridized carbons (Fsp3) is 0.381. The van der Waals surface area contributed by atoms with Crippen LogP contribution >= 0.6 is 11.6 Å². The first-order valence-corrected chi connectivity index (χ1v) is 9.50. The number of methoxy groups -OCH3 is 1. The lowest BCUT2D eigenvalue weighted by Crippen LogP contribution is -2.41. The Morgan fingerprint density at radius 3 is 2.59 bits per heavy atom. The van der Waals surface area contributed by atoms with Crippen LogP contribution in [0.15, 0.2) is 24.4 Å². The van der Waals surface area contributed by atoms with Crippen molar-refractivity contribution in [3.63, 3.8) is 0 Å². The van der Waals surface area contributed by atoms with E-state index in [1.807, 2.05) is 6.92 Å². The highest BCUT2D eigenvalue weighted by molar-refractivity contribution is 6.31. The minimum atomic E-state index is -0.642. The molecule has 0 spiro atoms. The molecule has 0 atom stereocenters. The van der Waals surface area contributed by atoms with Crippen LogP contribution in [0, 0.1) is 6.92 Å². The van der Waals surface area contributed by atoms with Gasteiger partial charge in [-0.1, -0.05) is 11.6 Å². The Hall–Kier alpha value is -2.80. The molecule has 2 heterocycles. The second kappa shape index (κ2) is 7.91. The SMILES string of the molecule is COC(=O)c1cnc(C)cc1-c1cc(Cl)cc2c1OCCN2C(=O)OC(C)(C)C. The van der Waals surface area contributed by atoms with E-state index in [1.165, 1.54) is 18.2 Å². The summed E-state index contributed by atoms with van der Waals surface area (Å²) in [5.41, 5.74) is 1.97. The summed E-state index contributed by atoms with van der Waals surface area (Å²) in [4.78, 5) is 30.7. The zero-order valence-corrected chi connectivity index (χ0v) is 17.8. The van der Waals surface area contributed by atoms with E-state index in [4.69, 9.17) is 25.8 Å². The molecule has 0 bridgehead atoms. The number of amides is 1. The zero-order chi connectivity index (χ0) is 21.3. The zero-order valence-electron chi connectivity index (χ0n) is 17.0. The molecule has 0 aliphatic carbocycles.